The Balaban J connectivity index is 0.00000529. The quantitative estimate of drug-likeness (QED) is 0.600. The predicted molar refractivity (Wildman–Crippen MR) is 98.7 cm³/mol. The molecule has 0 aromatic heterocycles. The van der Waals surface area contributed by atoms with Crippen molar-refractivity contribution in [2.24, 2.45) is 11.7 Å². The molecular weight excluding hydrogens is 401 g/mol. The summed E-state index contributed by atoms with van der Waals surface area (Å²) >= 11 is 3.20. The van der Waals surface area contributed by atoms with Crippen molar-refractivity contribution in [2.75, 3.05) is 13.1 Å². The molecule has 0 fully saturated rings. The molecule has 24 heavy (non-hydrogen) atoms. The second-order valence-corrected chi connectivity index (χ2v) is 6.61. The first-order valence-electron chi connectivity index (χ1n) is 7.56. The maximum atomic E-state index is 13.2. The minimum atomic E-state index is -0.490. The van der Waals surface area contributed by atoms with Crippen LogP contribution in [0.15, 0.2) is 22.7 Å². The lowest BCUT2D eigenvalue weighted by Gasteiger charge is -2.18. The van der Waals surface area contributed by atoms with E-state index < -0.39 is 11.7 Å². The van der Waals surface area contributed by atoms with Crippen LogP contribution in [0.4, 0.5) is 4.39 Å². The van der Waals surface area contributed by atoms with Gasteiger partial charge in [0, 0.05) is 30.0 Å². The molecular formula is C16H24BrClFN3O2. The normalized spacial score (nSPS) is 11.6. The number of hydrogen-bond acceptors (Lipinski definition) is 3. The van der Waals surface area contributed by atoms with Gasteiger partial charge in [0.1, 0.15) is 5.82 Å². The number of nitrogens with two attached hydrogens (primary N) is 1. The van der Waals surface area contributed by atoms with Crippen LogP contribution in [0.5, 0.6) is 0 Å². The zero-order valence-electron chi connectivity index (χ0n) is 13.8. The molecule has 0 saturated carbocycles. The van der Waals surface area contributed by atoms with E-state index in [-0.39, 0.29) is 42.9 Å². The number of hydrogen-bond donors (Lipinski definition) is 3. The van der Waals surface area contributed by atoms with Crippen LogP contribution in [0.1, 0.15) is 37.0 Å². The predicted octanol–water partition coefficient (Wildman–Crippen LogP) is 2.62. The van der Waals surface area contributed by atoms with Crippen LogP contribution < -0.4 is 16.4 Å². The van der Waals surface area contributed by atoms with E-state index in [1.54, 1.807) is 0 Å². The fraction of sp³-hybridized carbons (Fsp3) is 0.500. The smallest absolute Gasteiger partial charge is 0.252 e. The van der Waals surface area contributed by atoms with Gasteiger partial charge in [-0.25, -0.2) is 4.39 Å². The van der Waals surface area contributed by atoms with E-state index in [0.29, 0.717) is 16.9 Å². The van der Waals surface area contributed by atoms with Gasteiger partial charge in [-0.3, -0.25) is 9.59 Å². The largest absolute Gasteiger partial charge is 0.352 e. The molecule has 8 heteroatoms. The van der Waals surface area contributed by atoms with Crippen molar-refractivity contribution in [3.63, 3.8) is 0 Å². The van der Waals surface area contributed by atoms with Gasteiger partial charge in [0.15, 0.2) is 0 Å². The third-order valence-corrected chi connectivity index (χ3v) is 3.91. The van der Waals surface area contributed by atoms with Crippen molar-refractivity contribution >= 4 is 40.2 Å². The monoisotopic (exact) mass is 423 g/mol. The van der Waals surface area contributed by atoms with E-state index >= 15 is 0 Å². The Morgan fingerprint density at radius 2 is 2.00 bits per heavy atom. The summed E-state index contributed by atoms with van der Waals surface area (Å²) in [7, 11) is 0. The second kappa shape index (κ2) is 11.4. The molecule has 2 amide bonds. The number of nitrogens with one attached hydrogen (secondary N) is 2. The molecule has 1 atom stereocenters. The third kappa shape index (κ3) is 8.08. The number of amides is 2. The maximum Gasteiger partial charge on any atom is 0.252 e. The van der Waals surface area contributed by atoms with Crippen molar-refractivity contribution < 1.29 is 14.0 Å². The van der Waals surface area contributed by atoms with E-state index in [9.17, 15) is 14.0 Å². The molecule has 0 radical (unpaired) electrons. The number of halogens is 3. The molecule has 1 aromatic carbocycles. The van der Waals surface area contributed by atoms with Crippen molar-refractivity contribution in [1.29, 1.82) is 0 Å². The first-order chi connectivity index (χ1) is 10.8. The number of benzene rings is 1. The summed E-state index contributed by atoms with van der Waals surface area (Å²) in [6.45, 7) is 4.68. The van der Waals surface area contributed by atoms with Gasteiger partial charge < -0.3 is 16.4 Å². The Morgan fingerprint density at radius 3 is 2.58 bits per heavy atom. The van der Waals surface area contributed by atoms with Crippen LogP contribution in [-0.4, -0.2) is 30.9 Å². The van der Waals surface area contributed by atoms with Gasteiger partial charge in [-0.15, -0.1) is 12.4 Å². The van der Waals surface area contributed by atoms with Gasteiger partial charge in [0.25, 0.3) is 5.91 Å². The zero-order valence-corrected chi connectivity index (χ0v) is 16.2. The molecule has 0 saturated heterocycles. The molecule has 0 aliphatic carbocycles. The summed E-state index contributed by atoms with van der Waals surface area (Å²) < 4.78 is 13.7. The van der Waals surface area contributed by atoms with Crippen LogP contribution in [0.25, 0.3) is 0 Å². The lowest BCUT2D eigenvalue weighted by molar-refractivity contribution is -0.121. The van der Waals surface area contributed by atoms with E-state index in [0.717, 1.165) is 12.5 Å². The first kappa shape index (κ1) is 22.8. The standard InChI is InChI=1S/C16H23BrFN3O2.ClH/c1-10(2)7-12(9-19)21-15(22)5-6-20-16(23)13-8-11(18)3-4-14(13)17;/h3-4,8,10,12H,5-7,9,19H2,1-2H3,(H,20,23)(H,21,22);1H. The highest BCUT2D eigenvalue weighted by atomic mass is 79.9. The molecule has 0 bridgehead atoms. The highest BCUT2D eigenvalue weighted by Crippen LogP contribution is 2.17. The summed E-state index contributed by atoms with van der Waals surface area (Å²) in [6, 6.07) is 3.81. The summed E-state index contributed by atoms with van der Waals surface area (Å²) in [4.78, 5) is 23.8. The summed E-state index contributed by atoms with van der Waals surface area (Å²) in [5, 5.41) is 5.45. The Bertz CT molecular complexity index is 558. The van der Waals surface area contributed by atoms with Crippen LogP contribution in [0.3, 0.4) is 0 Å². The molecule has 0 aliphatic rings. The highest BCUT2D eigenvalue weighted by molar-refractivity contribution is 9.10. The van der Waals surface area contributed by atoms with Gasteiger partial charge in [0.2, 0.25) is 5.91 Å². The number of carbonyl (C=O) groups excluding carboxylic acids is 2. The average Bonchev–Trinajstić information content (AvgIpc) is 2.48. The molecule has 4 N–H and O–H groups in total. The van der Waals surface area contributed by atoms with Gasteiger partial charge >= 0.3 is 0 Å². The molecule has 1 rings (SSSR count). The van der Waals surface area contributed by atoms with Crippen molar-refractivity contribution in [2.45, 2.75) is 32.7 Å². The Labute approximate surface area is 156 Å². The van der Waals surface area contributed by atoms with E-state index in [2.05, 4.69) is 40.4 Å². The van der Waals surface area contributed by atoms with E-state index in [4.69, 9.17) is 5.73 Å². The molecule has 136 valence electrons. The van der Waals surface area contributed by atoms with E-state index in [1.165, 1.54) is 12.1 Å². The fourth-order valence-electron chi connectivity index (χ4n) is 2.14. The van der Waals surface area contributed by atoms with Crippen molar-refractivity contribution in [3.8, 4) is 0 Å². The maximum absolute atomic E-state index is 13.2. The molecule has 1 unspecified atom stereocenters. The zero-order chi connectivity index (χ0) is 17.4. The summed E-state index contributed by atoms with van der Waals surface area (Å²) in [5.74, 6) is -0.647. The van der Waals surface area contributed by atoms with Crippen LogP contribution >= 0.6 is 28.3 Å². The van der Waals surface area contributed by atoms with Crippen LogP contribution in [0.2, 0.25) is 0 Å². The molecule has 0 spiro atoms. The van der Waals surface area contributed by atoms with Crippen molar-refractivity contribution in [3.05, 3.63) is 34.1 Å². The van der Waals surface area contributed by atoms with Gasteiger partial charge in [-0.1, -0.05) is 13.8 Å². The molecule has 0 heterocycles. The molecule has 0 aliphatic heterocycles. The van der Waals surface area contributed by atoms with E-state index in [1.807, 2.05) is 0 Å². The molecule has 5 nitrogen and oxygen atoms in total. The summed E-state index contributed by atoms with van der Waals surface area (Å²) in [6.07, 6.45) is 0.956. The Hall–Kier alpha value is -1.18. The second-order valence-electron chi connectivity index (χ2n) is 5.76. The average molecular weight is 425 g/mol. The summed E-state index contributed by atoms with van der Waals surface area (Å²) in [5.41, 5.74) is 5.83. The van der Waals surface area contributed by atoms with Gasteiger partial charge in [-0.2, -0.15) is 0 Å². The Morgan fingerprint density at radius 1 is 1.33 bits per heavy atom. The highest BCUT2D eigenvalue weighted by Gasteiger charge is 2.14. The number of carbonyl (C=O) groups is 2. The van der Waals surface area contributed by atoms with Gasteiger partial charge in [0.05, 0.1) is 5.56 Å². The van der Waals surface area contributed by atoms with Gasteiger partial charge in [-0.05, 0) is 46.5 Å². The lowest BCUT2D eigenvalue weighted by atomic mass is 10.0. The van der Waals surface area contributed by atoms with Crippen LogP contribution in [0, 0.1) is 11.7 Å². The Kier molecular flexibility index (Phi) is 10.8. The third-order valence-electron chi connectivity index (χ3n) is 3.22. The minimum Gasteiger partial charge on any atom is -0.352 e. The lowest BCUT2D eigenvalue weighted by Crippen LogP contribution is -2.42. The topological polar surface area (TPSA) is 84.2 Å². The van der Waals surface area contributed by atoms with Crippen LogP contribution in [-0.2, 0) is 4.79 Å². The molecule has 1 aromatic rings. The minimum absolute atomic E-state index is 0. The first-order valence-corrected chi connectivity index (χ1v) is 8.35. The number of rotatable bonds is 8. The fourth-order valence-corrected chi connectivity index (χ4v) is 2.57. The van der Waals surface area contributed by atoms with Crippen molar-refractivity contribution in [1.82, 2.24) is 10.6 Å². The SMILES string of the molecule is CC(C)CC(CN)NC(=O)CCNC(=O)c1cc(F)ccc1Br.Cl.